The van der Waals surface area contributed by atoms with Crippen LogP contribution in [0.5, 0.6) is 0 Å². The summed E-state index contributed by atoms with van der Waals surface area (Å²) in [4.78, 5) is 7.82. The third kappa shape index (κ3) is 1.78. The van der Waals surface area contributed by atoms with Crippen molar-refractivity contribution in [3.8, 4) is 11.4 Å². The fourth-order valence-electron chi connectivity index (χ4n) is 2.07. The standard InChI is InChI=1S/C14H14N4/c1-8-2-3-12-13(4-8)18-14(17-12)9-5-10(15)7-11(16)6-9/h2-7H,15-16H2,1H3,(H,17,18). The van der Waals surface area contributed by atoms with Crippen LogP contribution in [-0.4, -0.2) is 9.97 Å². The van der Waals surface area contributed by atoms with E-state index >= 15 is 0 Å². The van der Waals surface area contributed by atoms with Gasteiger partial charge in [0.2, 0.25) is 0 Å². The topological polar surface area (TPSA) is 80.7 Å². The minimum Gasteiger partial charge on any atom is -0.399 e. The zero-order chi connectivity index (χ0) is 12.7. The van der Waals surface area contributed by atoms with E-state index in [9.17, 15) is 0 Å². The van der Waals surface area contributed by atoms with E-state index in [4.69, 9.17) is 11.5 Å². The predicted octanol–water partition coefficient (Wildman–Crippen LogP) is 2.70. The average Bonchev–Trinajstić information content (AvgIpc) is 2.70. The molecule has 1 heterocycles. The number of nitrogens with two attached hydrogens (primary N) is 2. The highest BCUT2D eigenvalue weighted by atomic mass is 14.9. The van der Waals surface area contributed by atoms with E-state index in [1.807, 2.05) is 24.3 Å². The molecule has 90 valence electrons. The Hall–Kier alpha value is -2.49. The number of fused-ring (bicyclic) bond motifs is 1. The zero-order valence-corrected chi connectivity index (χ0v) is 10.1. The second-order valence-corrected chi connectivity index (χ2v) is 4.49. The summed E-state index contributed by atoms with van der Waals surface area (Å²) in [6.07, 6.45) is 0. The van der Waals surface area contributed by atoms with Crippen molar-refractivity contribution in [3.05, 3.63) is 42.0 Å². The monoisotopic (exact) mass is 238 g/mol. The Balaban J connectivity index is 2.19. The normalized spacial score (nSPS) is 10.9. The van der Waals surface area contributed by atoms with Crippen LogP contribution in [0.3, 0.4) is 0 Å². The number of nitrogens with zero attached hydrogens (tertiary/aromatic N) is 1. The Morgan fingerprint density at radius 1 is 1.00 bits per heavy atom. The summed E-state index contributed by atoms with van der Waals surface area (Å²) in [5, 5.41) is 0. The van der Waals surface area contributed by atoms with E-state index in [0.717, 1.165) is 22.4 Å². The van der Waals surface area contributed by atoms with Crippen molar-refractivity contribution in [2.24, 2.45) is 0 Å². The summed E-state index contributed by atoms with van der Waals surface area (Å²) < 4.78 is 0. The number of hydrogen-bond acceptors (Lipinski definition) is 3. The summed E-state index contributed by atoms with van der Waals surface area (Å²) in [6.45, 7) is 2.05. The van der Waals surface area contributed by atoms with Crippen LogP contribution in [0.2, 0.25) is 0 Å². The highest BCUT2D eigenvalue weighted by molar-refractivity contribution is 5.81. The lowest BCUT2D eigenvalue weighted by molar-refractivity contribution is 1.34. The molecule has 0 fully saturated rings. The van der Waals surface area contributed by atoms with Crippen LogP contribution in [0.25, 0.3) is 22.4 Å². The number of aryl methyl sites for hydroxylation is 1. The van der Waals surface area contributed by atoms with Crippen molar-refractivity contribution >= 4 is 22.4 Å². The molecule has 3 rings (SSSR count). The van der Waals surface area contributed by atoms with E-state index in [1.165, 1.54) is 5.56 Å². The molecule has 2 aromatic carbocycles. The van der Waals surface area contributed by atoms with Crippen LogP contribution in [0, 0.1) is 6.92 Å². The maximum absolute atomic E-state index is 5.79. The second kappa shape index (κ2) is 3.77. The van der Waals surface area contributed by atoms with Crippen LogP contribution >= 0.6 is 0 Å². The first-order chi connectivity index (χ1) is 8.61. The molecule has 0 unspecified atom stereocenters. The summed E-state index contributed by atoms with van der Waals surface area (Å²) >= 11 is 0. The molecule has 0 aliphatic heterocycles. The second-order valence-electron chi connectivity index (χ2n) is 4.49. The van der Waals surface area contributed by atoms with Gasteiger partial charge < -0.3 is 16.5 Å². The minimum atomic E-state index is 0.640. The molecule has 1 aromatic heterocycles. The van der Waals surface area contributed by atoms with E-state index in [1.54, 1.807) is 6.07 Å². The van der Waals surface area contributed by atoms with Gasteiger partial charge >= 0.3 is 0 Å². The lowest BCUT2D eigenvalue weighted by atomic mass is 10.1. The first-order valence-electron chi connectivity index (χ1n) is 5.74. The molecule has 0 atom stereocenters. The van der Waals surface area contributed by atoms with E-state index in [0.29, 0.717) is 11.4 Å². The van der Waals surface area contributed by atoms with Crippen molar-refractivity contribution in [2.75, 3.05) is 11.5 Å². The lowest BCUT2D eigenvalue weighted by Crippen LogP contribution is -1.92. The molecule has 3 aromatic rings. The van der Waals surface area contributed by atoms with Gasteiger partial charge in [0.1, 0.15) is 5.82 Å². The summed E-state index contributed by atoms with van der Waals surface area (Å²) in [7, 11) is 0. The number of anilines is 2. The van der Waals surface area contributed by atoms with Crippen LogP contribution in [0.1, 0.15) is 5.56 Å². The molecule has 0 aliphatic rings. The number of imidazole rings is 1. The maximum atomic E-state index is 5.79. The van der Waals surface area contributed by atoms with Gasteiger partial charge in [0.15, 0.2) is 0 Å². The number of aromatic amines is 1. The highest BCUT2D eigenvalue weighted by Crippen LogP contribution is 2.25. The number of nitrogens with one attached hydrogen (secondary N) is 1. The van der Waals surface area contributed by atoms with Gasteiger partial charge in [-0.1, -0.05) is 6.07 Å². The Bertz CT molecular complexity index is 707. The Kier molecular flexibility index (Phi) is 2.23. The minimum absolute atomic E-state index is 0.640. The maximum Gasteiger partial charge on any atom is 0.138 e. The Morgan fingerprint density at radius 3 is 2.44 bits per heavy atom. The molecular formula is C14H14N4. The van der Waals surface area contributed by atoms with Gasteiger partial charge in [-0.15, -0.1) is 0 Å². The number of nitrogen functional groups attached to an aromatic ring is 2. The summed E-state index contributed by atoms with van der Waals surface area (Å²) in [5.41, 5.74) is 16.9. The fraction of sp³-hybridized carbons (Fsp3) is 0.0714. The van der Waals surface area contributed by atoms with E-state index < -0.39 is 0 Å². The smallest absolute Gasteiger partial charge is 0.138 e. The van der Waals surface area contributed by atoms with Gasteiger partial charge in [-0.05, 0) is 42.8 Å². The molecule has 4 nitrogen and oxygen atoms in total. The van der Waals surface area contributed by atoms with Gasteiger partial charge in [-0.3, -0.25) is 0 Å². The molecule has 5 N–H and O–H groups in total. The molecule has 0 saturated carbocycles. The fourth-order valence-corrected chi connectivity index (χ4v) is 2.07. The number of aromatic nitrogens is 2. The number of hydrogen-bond donors (Lipinski definition) is 3. The highest BCUT2D eigenvalue weighted by Gasteiger charge is 2.06. The van der Waals surface area contributed by atoms with E-state index in [2.05, 4.69) is 23.0 Å². The van der Waals surface area contributed by atoms with E-state index in [-0.39, 0.29) is 0 Å². The SMILES string of the molecule is Cc1ccc2nc(-c3cc(N)cc(N)c3)[nH]c2c1. The molecule has 0 amide bonds. The molecular weight excluding hydrogens is 224 g/mol. The molecule has 0 bridgehead atoms. The van der Waals surface area contributed by atoms with Crippen molar-refractivity contribution in [1.82, 2.24) is 9.97 Å². The van der Waals surface area contributed by atoms with Gasteiger partial charge in [0.05, 0.1) is 11.0 Å². The van der Waals surface area contributed by atoms with Gasteiger partial charge in [-0.2, -0.15) is 0 Å². The van der Waals surface area contributed by atoms with Gasteiger partial charge in [0.25, 0.3) is 0 Å². The number of rotatable bonds is 1. The van der Waals surface area contributed by atoms with Crippen LogP contribution in [0.4, 0.5) is 11.4 Å². The van der Waals surface area contributed by atoms with Gasteiger partial charge in [-0.25, -0.2) is 4.98 Å². The van der Waals surface area contributed by atoms with Gasteiger partial charge in [0, 0.05) is 16.9 Å². The van der Waals surface area contributed by atoms with Crippen LogP contribution in [0.15, 0.2) is 36.4 Å². The van der Waals surface area contributed by atoms with Crippen molar-refractivity contribution in [3.63, 3.8) is 0 Å². The molecule has 0 spiro atoms. The van der Waals surface area contributed by atoms with Crippen molar-refractivity contribution in [2.45, 2.75) is 6.92 Å². The third-order valence-corrected chi connectivity index (χ3v) is 2.89. The molecule has 4 heteroatoms. The third-order valence-electron chi connectivity index (χ3n) is 2.89. The first kappa shape index (κ1) is 10.7. The number of H-pyrrole nitrogens is 1. The molecule has 0 radical (unpaired) electrons. The molecule has 0 aliphatic carbocycles. The quantitative estimate of drug-likeness (QED) is 0.570. The van der Waals surface area contributed by atoms with Crippen LogP contribution in [-0.2, 0) is 0 Å². The van der Waals surface area contributed by atoms with Crippen LogP contribution < -0.4 is 11.5 Å². The Labute approximate surface area is 105 Å². The Morgan fingerprint density at radius 2 is 1.72 bits per heavy atom. The van der Waals surface area contributed by atoms with Crippen molar-refractivity contribution < 1.29 is 0 Å². The molecule has 0 saturated heterocycles. The lowest BCUT2D eigenvalue weighted by Gasteiger charge is -2.01. The molecule has 18 heavy (non-hydrogen) atoms. The largest absolute Gasteiger partial charge is 0.399 e. The van der Waals surface area contributed by atoms with Crippen molar-refractivity contribution in [1.29, 1.82) is 0 Å². The summed E-state index contributed by atoms with van der Waals surface area (Å²) in [5.74, 6) is 0.787. The zero-order valence-electron chi connectivity index (χ0n) is 10.1. The summed E-state index contributed by atoms with van der Waals surface area (Å²) in [6, 6.07) is 11.6. The average molecular weight is 238 g/mol. The predicted molar refractivity (Wildman–Crippen MR) is 75.1 cm³/mol. The number of benzene rings is 2. The first-order valence-corrected chi connectivity index (χ1v) is 5.74.